The van der Waals surface area contributed by atoms with Crippen LogP contribution in [0.25, 0.3) is 0 Å². The Morgan fingerprint density at radius 3 is 1.12 bits per heavy atom. The van der Waals surface area contributed by atoms with Crippen molar-refractivity contribution >= 4 is 0 Å². The highest BCUT2D eigenvalue weighted by Crippen LogP contribution is 2.33. The third-order valence-electron chi connectivity index (χ3n) is 7.88. The van der Waals surface area contributed by atoms with Gasteiger partial charge >= 0.3 is 0 Å². The van der Waals surface area contributed by atoms with E-state index in [-0.39, 0.29) is 0 Å². The van der Waals surface area contributed by atoms with Crippen LogP contribution in [-0.2, 0) is 0 Å². The molecule has 3 rings (SSSR count). The van der Waals surface area contributed by atoms with Gasteiger partial charge in [-0.05, 0) is 53.8 Å². The molecule has 223 valence electrons. The average Bonchev–Trinajstić information content (AvgIpc) is 3.01. The molecule has 3 aromatic carbocycles. The quantitative estimate of drug-likeness (QED) is 0.0855. The van der Waals surface area contributed by atoms with Crippen LogP contribution in [0.15, 0.2) is 78.9 Å². The van der Waals surface area contributed by atoms with Crippen molar-refractivity contribution in [2.45, 2.75) is 117 Å². The summed E-state index contributed by atoms with van der Waals surface area (Å²) in [6.45, 7) is 6.14. The summed E-state index contributed by atoms with van der Waals surface area (Å²) >= 11 is 0. The lowest BCUT2D eigenvalue weighted by atomic mass is 9.85. The molecule has 0 atom stereocenters. The molecule has 0 heterocycles. The molecule has 0 fully saturated rings. The number of hydrogen-bond donors (Lipinski definition) is 0. The lowest BCUT2D eigenvalue weighted by Crippen LogP contribution is -2.05. The van der Waals surface area contributed by atoms with E-state index in [2.05, 4.69) is 92.7 Å². The molecule has 41 heavy (non-hydrogen) atoms. The summed E-state index contributed by atoms with van der Waals surface area (Å²) in [5, 5.41) is 0. The fourth-order valence-corrected chi connectivity index (χ4v) is 5.39. The molecule has 3 aromatic rings. The van der Waals surface area contributed by atoms with Crippen molar-refractivity contribution in [3.05, 3.63) is 101 Å². The van der Waals surface area contributed by atoms with E-state index in [1.807, 2.05) is 0 Å². The molecule has 0 aromatic heterocycles. The fraction of sp³-hybridized carbons (Fsp3) is 0.513. The van der Waals surface area contributed by atoms with Crippen molar-refractivity contribution in [1.82, 2.24) is 0 Å². The smallest absolute Gasteiger partial charge is 0.119 e. The van der Waals surface area contributed by atoms with Crippen LogP contribution in [0, 0.1) is 5.92 Å². The van der Waals surface area contributed by atoms with Crippen LogP contribution in [0.5, 0.6) is 11.5 Å². The lowest BCUT2D eigenvalue weighted by molar-refractivity contribution is 0.304. The van der Waals surface area contributed by atoms with E-state index >= 15 is 0 Å². The molecule has 1 radical (unpaired) electrons. The van der Waals surface area contributed by atoms with E-state index in [1.54, 1.807) is 0 Å². The van der Waals surface area contributed by atoms with Crippen molar-refractivity contribution in [2.24, 2.45) is 0 Å². The second-order valence-electron chi connectivity index (χ2n) is 11.4. The monoisotopic (exact) mass is 555 g/mol. The average molecular weight is 556 g/mol. The number of benzene rings is 3. The van der Waals surface area contributed by atoms with Gasteiger partial charge in [-0.2, -0.15) is 0 Å². The minimum atomic E-state index is 0.796. The van der Waals surface area contributed by atoms with Crippen molar-refractivity contribution in [3.63, 3.8) is 0 Å². The zero-order valence-electron chi connectivity index (χ0n) is 26.0. The second-order valence-corrected chi connectivity index (χ2v) is 11.4. The van der Waals surface area contributed by atoms with Crippen molar-refractivity contribution in [2.75, 3.05) is 13.2 Å². The molecule has 0 unspecified atom stereocenters. The summed E-state index contributed by atoms with van der Waals surface area (Å²) in [7, 11) is 0. The number of rotatable bonds is 23. The SMILES string of the molecule is CCCCCCCCCCOc1ccc([C](c2ccccc2)c2ccc(OCCCCCCCCCC)cc2)cc1. The minimum absolute atomic E-state index is 0.796. The van der Waals surface area contributed by atoms with Crippen LogP contribution >= 0.6 is 0 Å². The van der Waals surface area contributed by atoms with E-state index in [1.165, 1.54) is 112 Å². The Morgan fingerprint density at radius 1 is 0.390 bits per heavy atom. The van der Waals surface area contributed by atoms with Gasteiger partial charge in [0.2, 0.25) is 0 Å². The lowest BCUT2D eigenvalue weighted by Gasteiger charge is -2.19. The van der Waals surface area contributed by atoms with Gasteiger partial charge in [0.15, 0.2) is 0 Å². The molecule has 0 aliphatic carbocycles. The molecule has 0 spiro atoms. The summed E-state index contributed by atoms with van der Waals surface area (Å²) in [6, 6.07) is 27.9. The maximum Gasteiger partial charge on any atom is 0.119 e. The van der Waals surface area contributed by atoms with E-state index in [0.29, 0.717) is 0 Å². The molecule has 2 nitrogen and oxygen atoms in total. The summed E-state index contributed by atoms with van der Waals surface area (Å²) in [6.07, 6.45) is 21.1. The normalized spacial score (nSPS) is 11.2. The van der Waals surface area contributed by atoms with Gasteiger partial charge in [0.05, 0.1) is 19.1 Å². The Kier molecular flexibility index (Phi) is 16.8. The first-order valence-electron chi connectivity index (χ1n) is 16.7. The highest BCUT2D eigenvalue weighted by atomic mass is 16.5. The molecule has 2 heteroatoms. The third kappa shape index (κ3) is 13.2. The minimum Gasteiger partial charge on any atom is -0.494 e. The number of hydrogen-bond acceptors (Lipinski definition) is 2. The standard InChI is InChI=1S/C39H55O2/c1-3-5-7-9-11-13-15-20-32-40-37-28-24-35(25-29-37)39(34-22-18-17-19-23-34)36-26-30-38(31-27-36)41-33-21-16-14-12-10-8-6-4-2/h17-19,22-31H,3-16,20-21,32-33H2,1-2H3. The molecule has 0 aliphatic rings. The van der Waals surface area contributed by atoms with E-state index in [0.717, 1.165) is 37.6 Å². The van der Waals surface area contributed by atoms with E-state index in [4.69, 9.17) is 9.47 Å². The second kappa shape index (κ2) is 21.0. The summed E-state index contributed by atoms with van der Waals surface area (Å²) < 4.78 is 12.1. The molecule has 0 aliphatic heterocycles. The Morgan fingerprint density at radius 2 is 0.732 bits per heavy atom. The summed E-state index contributed by atoms with van der Waals surface area (Å²) in [5.41, 5.74) is 3.61. The molecule has 0 saturated heterocycles. The zero-order chi connectivity index (χ0) is 28.8. The van der Waals surface area contributed by atoms with Gasteiger partial charge in [0.1, 0.15) is 11.5 Å². The molecule has 0 saturated carbocycles. The Bertz CT molecular complexity index is 944. The van der Waals surface area contributed by atoms with Gasteiger partial charge in [-0.15, -0.1) is 0 Å². The highest BCUT2D eigenvalue weighted by Gasteiger charge is 2.18. The molecule has 0 amide bonds. The molecular formula is C39H55O2. The van der Waals surface area contributed by atoms with Gasteiger partial charge in [0, 0.05) is 0 Å². The van der Waals surface area contributed by atoms with Crippen LogP contribution in [0.1, 0.15) is 133 Å². The first-order valence-corrected chi connectivity index (χ1v) is 16.7. The van der Waals surface area contributed by atoms with Crippen molar-refractivity contribution in [1.29, 1.82) is 0 Å². The summed E-state index contributed by atoms with van der Waals surface area (Å²) in [5.74, 6) is 3.14. The van der Waals surface area contributed by atoms with Gasteiger partial charge in [-0.25, -0.2) is 0 Å². The van der Waals surface area contributed by atoms with Crippen molar-refractivity contribution < 1.29 is 9.47 Å². The topological polar surface area (TPSA) is 18.5 Å². The zero-order valence-corrected chi connectivity index (χ0v) is 26.0. The summed E-state index contributed by atoms with van der Waals surface area (Å²) in [4.78, 5) is 0. The van der Waals surface area contributed by atoms with Gasteiger partial charge in [-0.1, -0.05) is 158 Å². The number of unbranched alkanes of at least 4 members (excludes halogenated alkanes) is 14. The Labute approximate surface area is 251 Å². The van der Waals surface area contributed by atoms with Crippen LogP contribution in [0.4, 0.5) is 0 Å². The maximum absolute atomic E-state index is 6.07. The Balaban J connectivity index is 1.47. The van der Waals surface area contributed by atoms with Gasteiger partial charge in [-0.3, -0.25) is 0 Å². The first-order chi connectivity index (χ1) is 20.3. The molecule has 0 bridgehead atoms. The van der Waals surface area contributed by atoms with Gasteiger partial charge in [0.25, 0.3) is 0 Å². The van der Waals surface area contributed by atoms with Crippen LogP contribution in [-0.4, -0.2) is 13.2 Å². The van der Waals surface area contributed by atoms with Crippen LogP contribution in [0.2, 0.25) is 0 Å². The van der Waals surface area contributed by atoms with Crippen LogP contribution in [0.3, 0.4) is 0 Å². The fourth-order valence-electron chi connectivity index (χ4n) is 5.39. The van der Waals surface area contributed by atoms with Crippen molar-refractivity contribution in [3.8, 4) is 11.5 Å². The molecule has 0 N–H and O–H groups in total. The molecular weight excluding hydrogens is 500 g/mol. The van der Waals surface area contributed by atoms with E-state index < -0.39 is 0 Å². The maximum atomic E-state index is 6.07. The highest BCUT2D eigenvalue weighted by molar-refractivity contribution is 5.58. The first kappa shape index (κ1) is 32.8. The largest absolute Gasteiger partial charge is 0.494 e. The number of ether oxygens (including phenoxy) is 2. The predicted octanol–water partition coefficient (Wildman–Crippen LogP) is 11.7. The van der Waals surface area contributed by atoms with Crippen LogP contribution < -0.4 is 9.47 Å². The predicted molar refractivity (Wildman–Crippen MR) is 176 cm³/mol. The third-order valence-corrected chi connectivity index (χ3v) is 7.88. The van der Waals surface area contributed by atoms with Gasteiger partial charge < -0.3 is 9.47 Å². The Hall–Kier alpha value is -2.74. The van der Waals surface area contributed by atoms with E-state index in [9.17, 15) is 0 Å².